The van der Waals surface area contributed by atoms with Gasteiger partial charge in [-0.2, -0.15) is 5.26 Å². The number of benzene rings is 2. The molecule has 27 heavy (non-hydrogen) atoms. The molecule has 0 saturated carbocycles. The fourth-order valence-corrected chi connectivity index (χ4v) is 2.31. The first-order valence-electron chi connectivity index (χ1n) is 7.90. The predicted molar refractivity (Wildman–Crippen MR) is 97.7 cm³/mol. The number of carbonyl (C=O) groups excluding carboxylic acids is 2. The van der Waals surface area contributed by atoms with Gasteiger partial charge < -0.3 is 10.6 Å². The number of hydrogen-bond donors (Lipinski definition) is 2. The highest BCUT2D eigenvalue weighted by atomic mass is 19.1. The van der Waals surface area contributed by atoms with Crippen LogP contribution in [0, 0.1) is 17.1 Å². The minimum Gasteiger partial charge on any atom is -0.322 e. The molecule has 0 fully saturated rings. The van der Waals surface area contributed by atoms with Crippen molar-refractivity contribution in [2.24, 2.45) is 0 Å². The first-order chi connectivity index (χ1) is 13.1. The molecule has 0 atom stereocenters. The molecule has 6 nitrogen and oxygen atoms in total. The van der Waals surface area contributed by atoms with Gasteiger partial charge in [-0.25, -0.2) is 4.39 Å². The van der Waals surface area contributed by atoms with Gasteiger partial charge in [0.2, 0.25) is 0 Å². The summed E-state index contributed by atoms with van der Waals surface area (Å²) in [5, 5.41) is 14.0. The number of amides is 2. The molecule has 132 valence electrons. The van der Waals surface area contributed by atoms with Crippen molar-refractivity contribution in [1.29, 1.82) is 5.26 Å². The van der Waals surface area contributed by atoms with E-state index in [1.54, 1.807) is 24.3 Å². The Balaban J connectivity index is 1.76. The molecule has 0 unspecified atom stereocenters. The topological polar surface area (TPSA) is 94.9 Å². The van der Waals surface area contributed by atoms with Crippen LogP contribution in [0.4, 0.5) is 15.8 Å². The van der Waals surface area contributed by atoms with E-state index >= 15 is 0 Å². The maximum absolute atomic E-state index is 13.7. The minimum absolute atomic E-state index is 0.0208. The lowest BCUT2D eigenvalue weighted by atomic mass is 10.2. The van der Waals surface area contributed by atoms with Crippen LogP contribution in [0.5, 0.6) is 0 Å². The molecule has 0 aliphatic carbocycles. The van der Waals surface area contributed by atoms with Crippen molar-refractivity contribution in [3.63, 3.8) is 0 Å². The summed E-state index contributed by atoms with van der Waals surface area (Å²) in [5.74, 6) is -1.68. The summed E-state index contributed by atoms with van der Waals surface area (Å²) < 4.78 is 13.7. The lowest BCUT2D eigenvalue weighted by molar-refractivity contribution is 0.102. The van der Waals surface area contributed by atoms with Gasteiger partial charge in [0.1, 0.15) is 11.5 Å². The zero-order chi connectivity index (χ0) is 19.2. The highest BCUT2D eigenvalue weighted by molar-refractivity contribution is 6.07. The number of nitrogens with zero attached hydrogens (tertiary/aromatic N) is 2. The van der Waals surface area contributed by atoms with Gasteiger partial charge >= 0.3 is 0 Å². The highest BCUT2D eigenvalue weighted by Crippen LogP contribution is 2.15. The number of carbonyl (C=O) groups is 2. The molecule has 3 aromatic rings. The molecule has 0 bridgehead atoms. The van der Waals surface area contributed by atoms with Crippen molar-refractivity contribution in [2.75, 3.05) is 10.6 Å². The monoisotopic (exact) mass is 360 g/mol. The van der Waals surface area contributed by atoms with E-state index < -0.39 is 17.6 Å². The Morgan fingerprint density at radius 2 is 1.78 bits per heavy atom. The van der Waals surface area contributed by atoms with E-state index in [1.165, 1.54) is 42.6 Å². The summed E-state index contributed by atoms with van der Waals surface area (Å²) in [4.78, 5) is 28.6. The molecule has 0 saturated heterocycles. The molecule has 7 heteroatoms. The third kappa shape index (κ3) is 4.32. The van der Waals surface area contributed by atoms with Gasteiger partial charge in [-0.15, -0.1) is 0 Å². The summed E-state index contributed by atoms with van der Waals surface area (Å²) in [6.45, 7) is 0. The van der Waals surface area contributed by atoms with Crippen LogP contribution in [0.2, 0.25) is 0 Å². The SMILES string of the molecule is N#Cc1cccc(NC(=O)c2ccnc(C(=O)Nc3ccccc3F)c2)c1. The number of nitrogens with one attached hydrogen (secondary N) is 2. The smallest absolute Gasteiger partial charge is 0.274 e. The van der Waals surface area contributed by atoms with Crippen molar-refractivity contribution in [1.82, 2.24) is 4.98 Å². The third-order valence-corrected chi connectivity index (χ3v) is 3.63. The first-order valence-corrected chi connectivity index (χ1v) is 7.90. The molecule has 0 radical (unpaired) electrons. The van der Waals surface area contributed by atoms with E-state index in [1.807, 2.05) is 6.07 Å². The van der Waals surface area contributed by atoms with Crippen LogP contribution in [0.3, 0.4) is 0 Å². The van der Waals surface area contributed by atoms with Gasteiger partial charge in [-0.3, -0.25) is 14.6 Å². The van der Waals surface area contributed by atoms with E-state index in [-0.39, 0.29) is 16.9 Å². The fourth-order valence-electron chi connectivity index (χ4n) is 2.31. The normalized spacial score (nSPS) is 9.93. The van der Waals surface area contributed by atoms with Gasteiger partial charge in [0.15, 0.2) is 0 Å². The Morgan fingerprint density at radius 3 is 2.56 bits per heavy atom. The van der Waals surface area contributed by atoms with Crippen LogP contribution >= 0.6 is 0 Å². The number of aromatic nitrogens is 1. The Bertz CT molecular complexity index is 1060. The van der Waals surface area contributed by atoms with E-state index in [0.717, 1.165) is 0 Å². The Morgan fingerprint density at radius 1 is 0.963 bits per heavy atom. The lowest BCUT2D eigenvalue weighted by Crippen LogP contribution is -2.17. The van der Waals surface area contributed by atoms with Crippen molar-refractivity contribution in [3.8, 4) is 6.07 Å². The zero-order valence-electron chi connectivity index (χ0n) is 13.9. The first kappa shape index (κ1) is 17.8. The van der Waals surface area contributed by atoms with Gasteiger partial charge in [0.25, 0.3) is 11.8 Å². The highest BCUT2D eigenvalue weighted by Gasteiger charge is 2.14. The summed E-state index contributed by atoms with van der Waals surface area (Å²) in [7, 11) is 0. The van der Waals surface area contributed by atoms with E-state index in [0.29, 0.717) is 11.3 Å². The van der Waals surface area contributed by atoms with Crippen LogP contribution in [0.25, 0.3) is 0 Å². The Hall–Kier alpha value is -4.05. The summed E-state index contributed by atoms with van der Waals surface area (Å²) in [6.07, 6.45) is 1.32. The number of halogens is 1. The summed E-state index contributed by atoms with van der Waals surface area (Å²) in [5.41, 5.74) is 1.05. The van der Waals surface area contributed by atoms with Crippen LogP contribution in [-0.4, -0.2) is 16.8 Å². The minimum atomic E-state index is -0.638. The van der Waals surface area contributed by atoms with Crippen LogP contribution in [0.1, 0.15) is 26.4 Å². The van der Waals surface area contributed by atoms with Crippen molar-refractivity contribution < 1.29 is 14.0 Å². The Kier molecular flexibility index (Phi) is 5.19. The zero-order valence-corrected chi connectivity index (χ0v) is 13.9. The second-order valence-electron chi connectivity index (χ2n) is 5.51. The predicted octanol–water partition coefficient (Wildman–Crippen LogP) is 3.60. The summed E-state index contributed by atoms with van der Waals surface area (Å²) >= 11 is 0. The number of pyridine rings is 1. The molecular weight excluding hydrogens is 347 g/mol. The number of hydrogen-bond acceptors (Lipinski definition) is 4. The number of anilines is 2. The molecule has 1 heterocycles. The largest absolute Gasteiger partial charge is 0.322 e. The number of nitriles is 1. The quantitative estimate of drug-likeness (QED) is 0.743. The average molecular weight is 360 g/mol. The molecular formula is C20H13FN4O2. The van der Waals surface area contributed by atoms with Crippen LogP contribution < -0.4 is 10.6 Å². The lowest BCUT2D eigenvalue weighted by Gasteiger charge is -2.08. The molecule has 2 aromatic carbocycles. The van der Waals surface area contributed by atoms with Crippen molar-refractivity contribution >= 4 is 23.2 Å². The maximum Gasteiger partial charge on any atom is 0.274 e. The van der Waals surface area contributed by atoms with Gasteiger partial charge in [-0.05, 0) is 42.5 Å². The number of rotatable bonds is 4. The molecule has 0 aliphatic heterocycles. The summed E-state index contributed by atoms with van der Waals surface area (Å²) in [6, 6.07) is 16.9. The van der Waals surface area contributed by atoms with Crippen molar-refractivity contribution in [3.05, 3.63) is 89.5 Å². The maximum atomic E-state index is 13.7. The van der Waals surface area contributed by atoms with Gasteiger partial charge in [0, 0.05) is 17.4 Å². The molecule has 2 amide bonds. The van der Waals surface area contributed by atoms with E-state index in [4.69, 9.17) is 5.26 Å². The standard InChI is InChI=1S/C20H13FN4O2/c21-16-6-1-2-7-17(16)25-20(27)18-11-14(8-9-23-18)19(26)24-15-5-3-4-13(10-15)12-22/h1-11H,(H,24,26)(H,25,27). The second kappa shape index (κ2) is 7.89. The second-order valence-corrected chi connectivity index (χ2v) is 5.51. The fraction of sp³-hybridized carbons (Fsp3) is 0. The molecule has 0 spiro atoms. The molecule has 0 aliphatic rings. The van der Waals surface area contributed by atoms with Gasteiger partial charge in [0.05, 0.1) is 17.3 Å². The number of para-hydroxylation sites is 1. The Labute approximate surface area is 154 Å². The van der Waals surface area contributed by atoms with Gasteiger partial charge in [-0.1, -0.05) is 18.2 Å². The van der Waals surface area contributed by atoms with E-state index in [9.17, 15) is 14.0 Å². The molecule has 2 N–H and O–H groups in total. The average Bonchev–Trinajstić information content (AvgIpc) is 2.70. The molecule has 3 rings (SSSR count). The third-order valence-electron chi connectivity index (χ3n) is 3.63. The molecule has 1 aromatic heterocycles. The van der Waals surface area contributed by atoms with Crippen molar-refractivity contribution in [2.45, 2.75) is 0 Å². The van der Waals surface area contributed by atoms with Crippen LogP contribution in [-0.2, 0) is 0 Å². The van der Waals surface area contributed by atoms with Crippen LogP contribution in [0.15, 0.2) is 66.9 Å². The van der Waals surface area contributed by atoms with E-state index in [2.05, 4.69) is 15.6 Å².